The Bertz CT molecular complexity index is 452. The van der Waals surface area contributed by atoms with E-state index in [1.165, 1.54) is 0 Å². The topological polar surface area (TPSA) is 95.4 Å². The van der Waals surface area contributed by atoms with E-state index in [1.807, 2.05) is 6.08 Å². The van der Waals surface area contributed by atoms with Crippen molar-refractivity contribution in [2.75, 3.05) is 6.61 Å². The molecular formula is C14H23N5O. The van der Waals surface area contributed by atoms with Gasteiger partial charge in [0.1, 0.15) is 11.8 Å². The van der Waals surface area contributed by atoms with Gasteiger partial charge in [-0.05, 0) is 19.3 Å². The number of rotatable bonds is 6. The second-order valence-corrected chi connectivity index (χ2v) is 5.08. The molecule has 2 aliphatic rings. The smallest absolute Gasteiger partial charge is 0.195 e. The van der Waals surface area contributed by atoms with Crippen LogP contribution in [0.5, 0.6) is 0 Å². The molecule has 0 saturated heterocycles. The molecule has 0 fully saturated rings. The van der Waals surface area contributed by atoms with Gasteiger partial charge in [-0.15, -0.1) is 0 Å². The lowest BCUT2D eigenvalue weighted by Crippen LogP contribution is -2.50. The average Bonchev–Trinajstić information content (AvgIpc) is 2.44. The number of amidine groups is 1. The molecule has 0 aliphatic carbocycles. The van der Waals surface area contributed by atoms with Crippen molar-refractivity contribution in [1.29, 1.82) is 0 Å². The first-order valence-corrected chi connectivity index (χ1v) is 7.26. The summed E-state index contributed by atoms with van der Waals surface area (Å²) >= 11 is 0. The van der Waals surface area contributed by atoms with Crippen molar-refractivity contribution in [3.05, 3.63) is 12.3 Å². The second-order valence-electron chi connectivity index (χ2n) is 5.08. The zero-order valence-corrected chi connectivity index (χ0v) is 11.9. The van der Waals surface area contributed by atoms with Gasteiger partial charge in [-0.3, -0.25) is 9.98 Å². The normalized spacial score (nSPS) is 24.7. The highest BCUT2D eigenvalue weighted by Gasteiger charge is 2.27. The number of fused-ring (bicyclic) bond motifs is 1. The molecule has 0 aromatic heterocycles. The van der Waals surface area contributed by atoms with E-state index in [0.717, 1.165) is 31.4 Å². The number of nitrogens with one attached hydrogen (secondary N) is 1. The fraction of sp³-hybridized carbons (Fsp3) is 0.643. The maximum absolute atomic E-state index is 9.17. The Morgan fingerprint density at radius 3 is 3.15 bits per heavy atom. The molecule has 110 valence electrons. The predicted molar refractivity (Wildman–Crippen MR) is 82.2 cm³/mol. The third-order valence-electron chi connectivity index (χ3n) is 3.44. The molecule has 1 unspecified atom stereocenters. The predicted octanol–water partition coefficient (Wildman–Crippen LogP) is 0.971. The van der Waals surface area contributed by atoms with E-state index in [1.54, 1.807) is 6.20 Å². The van der Waals surface area contributed by atoms with Gasteiger partial charge in [0, 0.05) is 12.8 Å². The van der Waals surface area contributed by atoms with Gasteiger partial charge in [-0.25, -0.2) is 4.99 Å². The molecule has 0 saturated carbocycles. The van der Waals surface area contributed by atoms with Crippen LogP contribution >= 0.6 is 0 Å². The third-order valence-corrected chi connectivity index (χ3v) is 3.44. The van der Waals surface area contributed by atoms with E-state index >= 15 is 0 Å². The second kappa shape index (κ2) is 7.19. The lowest BCUT2D eigenvalue weighted by atomic mass is 10.0. The van der Waals surface area contributed by atoms with Crippen molar-refractivity contribution >= 4 is 17.5 Å². The van der Waals surface area contributed by atoms with Crippen LogP contribution in [0.4, 0.5) is 0 Å². The lowest BCUT2D eigenvalue weighted by Gasteiger charge is -2.25. The molecule has 0 spiro atoms. The van der Waals surface area contributed by atoms with Gasteiger partial charge in [0.05, 0.1) is 6.04 Å². The monoisotopic (exact) mass is 277 g/mol. The van der Waals surface area contributed by atoms with Gasteiger partial charge >= 0.3 is 0 Å². The van der Waals surface area contributed by atoms with Crippen LogP contribution in [0.3, 0.4) is 0 Å². The summed E-state index contributed by atoms with van der Waals surface area (Å²) in [6.07, 6.45) is 8.42. The molecule has 0 bridgehead atoms. The standard InChI is InChI=1S/C14H23N5O/c1-2-3-5-10(7-9-20)17-13-12-11(6-4-8-16-12)18-14(15)19-13/h4,8,10-11,20H,2-3,5-7,9H2,1H3,(H3,15,17,18,19)/t10-,11?/m1/s1. The highest BCUT2D eigenvalue weighted by Crippen LogP contribution is 2.15. The molecule has 2 heterocycles. The van der Waals surface area contributed by atoms with Gasteiger partial charge in [0.2, 0.25) is 0 Å². The summed E-state index contributed by atoms with van der Waals surface area (Å²) in [5.41, 5.74) is 6.66. The summed E-state index contributed by atoms with van der Waals surface area (Å²) in [4.78, 5) is 13.4. The van der Waals surface area contributed by atoms with Crippen LogP contribution in [0.1, 0.15) is 39.0 Å². The Kier molecular flexibility index (Phi) is 5.29. The van der Waals surface area contributed by atoms with Crippen molar-refractivity contribution in [2.24, 2.45) is 20.7 Å². The van der Waals surface area contributed by atoms with Crippen LogP contribution in [0.2, 0.25) is 0 Å². The van der Waals surface area contributed by atoms with Gasteiger partial charge in [-0.2, -0.15) is 0 Å². The SMILES string of the molecule is CCCC[C@H](CCO)N=C1NC(N)=NC2CC=CN=C12. The molecule has 0 aromatic rings. The van der Waals surface area contributed by atoms with Crippen LogP contribution in [0.25, 0.3) is 0 Å². The van der Waals surface area contributed by atoms with Crippen molar-refractivity contribution in [3.8, 4) is 0 Å². The molecule has 4 N–H and O–H groups in total. The van der Waals surface area contributed by atoms with E-state index in [-0.39, 0.29) is 18.7 Å². The largest absolute Gasteiger partial charge is 0.396 e. The van der Waals surface area contributed by atoms with E-state index in [9.17, 15) is 5.11 Å². The van der Waals surface area contributed by atoms with E-state index in [2.05, 4.69) is 22.2 Å². The molecule has 2 rings (SSSR count). The Morgan fingerprint density at radius 2 is 2.40 bits per heavy atom. The summed E-state index contributed by atoms with van der Waals surface area (Å²) in [7, 11) is 0. The van der Waals surface area contributed by atoms with Crippen molar-refractivity contribution in [1.82, 2.24) is 5.32 Å². The molecule has 20 heavy (non-hydrogen) atoms. The molecule has 2 aliphatic heterocycles. The molecule has 6 heteroatoms. The number of aliphatic hydroxyl groups excluding tert-OH is 1. The Hall–Kier alpha value is -1.69. The zero-order chi connectivity index (χ0) is 14.4. The van der Waals surface area contributed by atoms with Crippen LogP contribution in [-0.4, -0.2) is 41.3 Å². The van der Waals surface area contributed by atoms with Crippen molar-refractivity contribution in [3.63, 3.8) is 0 Å². The average molecular weight is 277 g/mol. The maximum atomic E-state index is 9.17. The molecule has 0 radical (unpaired) electrons. The first-order valence-electron chi connectivity index (χ1n) is 7.26. The minimum absolute atomic E-state index is 0.0269. The van der Waals surface area contributed by atoms with Gasteiger partial charge < -0.3 is 16.2 Å². The number of unbranched alkanes of at least 4 members (excludes halogenated alkanes) is 1. The molecule has 2 atom stereocenters. The van der Waals surface area contributed by atoms with E-state index in [4.69, 9.17) is 10.7 Å². The fourth-order valence-corrected chi connectivity index (χ4v) is 2.38. The summed E-state index contributed by atoms with van der Waals surface area (Å²) in [6, 6.07) is 0.0727. The number of nitrogens with two attached hydrogens (primary N) is 1. The third kappa shape index (κ3) is 3.66. The summed E-state index contributed by atoms with van der Waals surface area (Å²) < 4.78 is 0. The maximum Gasteiger partial charge on any atom is 0.195 e. The summed E-state index contributed by atoms with van der Waals surface area (Å²) in [6.45, 7) is 2.29. The Morgan fingerprint density at radius 1 is 1.55 bits per heavy atom. The number of aliphatic imine (C=N–C) groups is 3. The van der Waals surface area contributed by atoms with Gasteiger partial charge in [0.15, 0.2) is 11.8 Å². The van der Waals surface area contributed by atoms with Crippen molar-refractivity contribution in [2.45, 2.75) is 51.1 Å². The number of hydrogen-bond donors (Lipinski definition) is 3. The molecule has 6 nitrogen and oxygen atoms in total. The highest BCUT2D eigenvalue weighted by atomic mass is 16.3. The number of hydrogen-bond acceptors (Lipinski definition) is 5. The molecule has 0 amide bonds. The van der Waals surface area contributed by atoms with Crippen LogP contribution in [-0.2, 0) is 0 Å². The van der Waals surface area contributed by atoms with Crippen LogP contribution < -0.4 is 11.1 Å². The first kappa shape index (κ1) is 14.7. The van der Waals surface area contributed by atoms with Gasteiger partial charge in [-0.1, -0.05) is 25.8 Å². The minimum atomic E-state index is -0.0269. The summed E-state index contributed by atoms with van der Waals surface area (Å²) in [5, 5.41) is 12.2. The summed E-state index contributed by atoms with van der Waals surface area (Å²) in [5.74, 6) is 1.10. The number of aliphatic hydroxyl groups is 1. The Balaban J connectivity index is 2.18. The van der Waals surface area contributed by atoms with Crippen molar-refractivity contribution < 1.29 is 5.11 Å². The highest BCUT2D eigenvalue weighted by molar-refractivity contribution is 6.47. The molecular weight excluding hydrogens is 254 g/mol. The number of nitrogens with zero attached hydrogens (tertiary/aromatic N) is 3. The quantitative estimate of drug-likeness (QED) is 0.675. The lowest BCUT2D eigenvalue weighted by molar-refractivity contribution is 0.272. The van der Waals surface area contributed by atoms with Crippen LogP contribution in [0, 0.1) is 0 Å². The van der Waals surface area contributed by atoms with E-state index < -0.39 is 0 Å². The zero-order valence-electron chi connectivity index (χ0n) is 11.9. The van der Waals surface area contributed by atoms with Gasteiger partial charge in [0.25, 0.3) is 0 Å². The minimum Gasteiger partial charge on any atom is -0.396 e. The van der Waals surface area contributed by atoms with E-state index in [0.29, 0.717) is 18.2 Å². The Labute approximate surface area is 119 Å². The number of guanidine groups is 1. The molecule has 0 aromatic carbocycles. The first-order chi connectivity index (χ1) is 9.74. The fourth-order valence-electron chi connectivity index (χ4n) is 2.38. The van der Waals surface area contributed by atoms with Crippen LogP contribution in [0.15, 0.2) is 27.3 Å².